The molecule has 0 aliphatic rings. The number of rotatable bonds is 2. The Bertz CT molecular complexity index is 933. The number of benzene rings is 2. The molecule has 0 atom stereocenters. The van der Waals surface area contributed by atoms with E-state index in [0.717, 1.165) is 15.3 Å². The van der Waals surface area contributed by atoms with Crippen LogP contribution in [0.3, 0.4) is 0 Å². The van der Waals surface area contributed by atoms with E-state index in [2.05, 4.69) is 4.98 Å². The molecule has 3 aromatic rings. The molecular formula is C16H14N2O3. The van der Waals surface area contributed by atoms with Gasteiger partial charge in [0, 0.05) is 5.39 Å². The van der Waals surface area contributed by atoms with E-state index in [9.17, 15) is 14.7 Å². The van der Waals surface area contributed by atoms with E-state index in [1.165, 1.54) is 0 Å². The SMILES string of the molecule is CCc1c(O)n(-c2cccc3ccccc23)c(=O)[nH]c1=O. The van der Waals surface area contributed by atoms with Crippen molar-refractivity contribution in [2.75, 3.05) is 0 Å². The first kappa shape index (κ1) is 13.2. The van der Waals surface area contributed by atoms with Gasteiger partial charge in [0.05, 0.1) is 11.3 Å². The van der Waals surface area contributed by atoms with Gasteiger partial charge in [0.15, 0.2) is 0 Å². The molecule has 2 aromatic carbocycles. The Kier molecular flexibility index (Phi) is 3.10. The Morgan fingerprint density at radius 3 is 2.57 bits per heavy atom. The summed E-state index contributed by atoms with van der Waals surface area (Å²) in [6.45, 7) is 1.75. The smallest absolute Gasteiger partial charge is 0.335 e. The summed E-state index contributed by atoms with van der Waals surface area (Å²) in [7, 11) is 0. The van der Waals surface area contributed by atoms with Crippen LogP contribution >= 0.6 is 0 Å². The molecule has 0 saturated heterocycles. The average Bonchev–Trinajstić information content (AvgIpc) is 2.47. The van der Waals surface area contributed by atoms with Crippen molar-refractivity contribution < 1.29 is 5.11 Å². The number of aromatic nitrogens is 2. The van der Waals surface area contributed by atoms with E-state index in [0.29, 0.717) is 12.1 Å². The molecule has 5 heteroatoms. The molecule has 0 unspecified atom stereocenters. The first-order valence-corrected chi connectivity index (χ1v) is 6.68. The van der Waals surface area contributed by atoms with Gasteiger partial charge in [-0.1, -0.05) is 43.3 Å². The number of aromatic amines is 1. The van der Waals surface area contributed by atoms with E-state index in [1.807, 2.05) is 30.3 Å². The lowest BCUT2D eigenvalue weighted by Crippen LogP contribution is -2.31. The fourth-order valence-electron chi connectivity index (χ4n) is 2.51. The van der Waals surface area contributed by atoms with Gasteiger partial charge >= 0.3 is 5.69 Å². The van der Waals surface area contributed by atoms with E-state index in [4.69, 9.17) is 0 Å². The van der Waals surface area contributed by atoms with E-state index >= 15 is 0 Å². The number of hydrogen-bond donors (Lipinski definition) is 2. The topological polar surface area (TPSA) is 75.1 Å². The largest absolute Gasteiger partial charge is 0.494 e. The van der Waals surface area contributed by atoms with Crippen LogP contribution in [0.2, 0.25) is 0 Å². The van der Waals surface area contributed by atoms with Gasteiger partial charge in [-0.25, -0.2) is 9.36 Å². The van der Waals surface area contributed by atoms with Crippen molar-refractivity contribution in [3.05, 3.63) is 68.9 Å². The number of hydrogen-bond acceptors (Lipinski definition) is 3. The molecule has 0 spiro atoms. The van der Waals surface area contributed by atoms with Crippen LogP contribution in [0.15, 0.2) is 52.1 Å². The van der Waals surface area contributed by atoms with Crippen molar-refractivity contribution in [2.45, 2.75) is 13.3 Å². The number of nitrogens with one attached hydrogen (secondary N) is 1. The number of H-pyrrole nitrogens is 1. The second-order valence-corrected chi connectivity index (χ2v) is 4.75. The zero-order valence-electron chi connectivity index (χ0n) is 11.5. The molecule has 0 amide bonds. The Labute approximate surface area is 120 Å². The van der Waals surface area contributed by atoms with Gasteiger partial charge in [0.1, 0.15) is 0 Å². The lowest BCUT2D eigenvalue weighted by atomic mass is 10.1. The van der Waals surface area contributed by atoms with E-state index < -0.39 is 11.2 Å². The lowest BCUT2D eigenvalue weighted by molar-refractivity contribution is 0.424. The molecular weight excluding hydrogens is 268 g/mol. The average molecular weight is 282 g/mol. The fraction of sp³-hybridized carbons (Fsp3) is 0.125. The maximum absolute atomic E-state index is 12.1. The van der Waals surface area contributed by atoms with Crippen molar-refractivity contribution in [1.82, 2.24) is 9.55 Å². The van der Waals surface area contributed by atoms with Crippen molar-refractivity contribution in [3.8, 4) is 11.6 Å². The summed E-state index contributed by atoms with van der Waals surface area (Å²) < 4.78 is 1.14. The molecule has 1 heterocycles. The monoisotopic (exact) mass is 282 g/mol. The molecule has 0 radical (unpaired) electrons. The Balaban J connectivity index is 2.44. The van der Waals surface area contributed by atoms with Gasteiger partial charge < -0.3 is 5.11 Å². The molecule has 2 N–H and O–H groups in total. The highest BCUT2D eigenvalue weighted by Crippen LogP contribution is 2.24. The normalized spacial score (nSPS) is 10.9. The summed E-state index contributed by atoms with van der Waals surface area (Å²) in [4.78, 5) is 26.1. The molecule has 0 bridgehead atoms. The van der Waals surface area contributed by atoms with Crippen LogP contribution in [0.5, 0.6) is 5.88 Å². The number of aromatic hydroxyl groups is 1. The second kappa shape index (κ2) is 4.94. The van der Waals surface area contributed by atoms with Gasteiger partial charge in [0.2, 0.25) is 5.88 Å². The molecule has 0 fully saturated rings. The summed E-state index contributed by atoms with van der Waals surface area (Å²) in [5.41, 5.74) is -0.452. The standard InChI is InChI=1S/C16H14N2O3/c1-2-11-14(19)17-16(21)18(15(11)20)13-9-5-7-10-6-3-4-8-12(10)13/h3-9,20H,2H2,1H3,(H,17,19,21). The summed E-state index contributed by atoms with van der Waals surface area (Å²) in [5, 5.41) is 12.1. The van der Waals surface area contributed by atoms with Crippen LogP contribution in [0, 0.1) is 0 Å². The van der Waals surface area contributed by atoms with Crippen LogP contribution in [0.25, 0.3) is 16.5 Å². The van der Waals surface area contributed by atoms with Gasteiger partial charge in [-0.2, -0.15) is 0 Å². The summed E-state index contributed by atoms with van der Waals surface area (Å²) in [6.07, 6.45) is 0.339. The molecule has 3 rings (SSSR count). The maximum atomic E-state index is 12.1. The van der Waals surface area contributed by atoms with E-state index in [-0.39, 0.29) is 11.4 Å². The predicted octanol–water partition coefficient (Wildman–Crippen LogP) is 1.95. The lowest BCUT2D eigenvalue weighted by Gasteiger charge is -2.12. The summed E-state index contributed by atoms with van der Waals surface area (Å²) in [5.74, 6) is -0.303. The highest BCUT2D eigenvalue weighted by molar-refractivity contribution is 5.90. The minimum atomic E-state index is -0.647. The van der Waals surface area contributed by atoms with E-state index in [1.54, 1.807) is 19.1 Å². The zero-order chi connectivity index (χ0) is 15.0. The van der Waals surface area contributed by atoms with Gasteiger partial charge in [0.25, 0.3) is 5.56 Å². The summed E-state index contributed by atoms with van der Waals surface area (Å²) in [6, 6.07) is 13.0. The number of fused-ring (bicyclic) bond motifs is 1. The van der Waals surface area contributed by atoms with Crippen LogP contribution < -0.4 is 11.2 Å². The second-order valence-electron chi connectivity index (χ2n) is 4.75. The van der Waals surface area contributed by atoms with Crippen LogP contribution in [0.1, 0.15) is 12.5 Å². The molecule has 21 heavy (non-hydrogen) atoms. The molecule has 0 saturated carbocycles. The highest BCUT2D eigenvalue weighted by atomic mass is 16.3. The Hall–Kier alpha value is -2.82. The molecule has 0 aliphatic carbocycles. The van der Waals surface area contributed by atoms with Crippen molar-refractivity contribution in [1.29, 1.82) is 0 Å². The van der Waals surface area contributed by atoms with Gasteiger partial charge in [-0.15, -0.1) is 0 Å². The Morgan fingerprint density at radius 1 is 1.10 bits per heavy atom. The minimum Gasteiger partial charge on any atom is -0.494 e. The van der Waals surface area contributed by atoms with Crippen molar-refractivity contribution in [2.24, 2.45) is 0 Å². The Morgan fingerprint density at radius 2 is 1.81 bits per heavy atom. The maximum Gasteiger partial charge on any atom is 0.335 e. The third kappa shape index (κ3) is 2.03. The minimum absolute atomic E-state index is 0.197. The predicted molar refractivity (Wildman–Crippen MR) is 81.2 cm³/mol. The van der Waals surface area contributed by atoms with Crippen LogP contribution in [0.4, 0.5) is 0 Å². The summed E-state index contributed by atoms with van der Waals surface area (Å²) >= 11 is 0. The van der Waals surface area contributed by atoms with Gasteiger partial charge in [-0.05, 0) is 17.9 Å². The quantitative estimate of drug-likeness (QED) is 0.754. The van der Waals surface area contributed by atoms with Crippen molar-refractivity contribution >= 4 is 10.8 Å². The van der Waals surface area contributed by atoms with Crippen LogP contribution in [-0.2, 0) is 6.42 Å². The third-order valence-electron chi connectivity index (χ3n) is 3.54. The third-order valence-corrected chi connectivity index (χ3v) is 3.54. The molecule has 1 aromatic heterocycles. The first-order valence-electron chi connectivity index (χ1n) is 6.68. The first-order chi connectivity index (χ1) is 10.1. The highest BCUT2D eigenvalue weighted by Gasteiger charge is 2.15. The zero-order valence-corrected chi connectivity index (χ0v) is 11.5. The van der Waals surface area contributed by atoms with Crippen molar-refractivity contribution in [3.63, 3.8) is 0 Å². The molecule has 0 aliphatic heterocycles. The molecule has 106 valence electrons. The fourth-order valence-corrected chi connectivity index (χ4v) is 2.51. The van der Waals surface area contributed by atoms with Crippen LogP contribution in [-0.4, -0.2) is 14.7 Å². The number of nitrogens with zero attached hydrogens (tertiary/aromatic N) is 1. The van der Waals surface area contributed by atoms with Gasteiger partial charge in [-0.3, -0.25) is 9.78 Å². The molecule has 5 nitrogen and oxygen atoms in total.